The van der Waals surface area contributed by atoms with E-state index in [1.807, 2.05) is 0 Å². The molecule has 1 aliphatic rings. The molecule has 2 heterocycles. The van der Waals surface area contributed by atoms with Gasteiger partial charge >= 0.3 is 12.1 Å². The van der Waals surface area contributed by atoms with E-state index in [-0.39, 0.29) is 23.6 Å². The molecule has 0 aliphatic carbocycles. The fourth-order valence-electron chi connectivity index (χ4n) is 3.33. The molecule has 1 aromatic carbocycles. The summed E-state index contributed by atoms with van der Waals surface area (Å²) in [6, 6.07) is 6.56. The van der Waals surface area contributed by atoms with Gasteiger partial charge in [0.1, 0.15) is 11.4 Å². The molecule has 162 valence electrons. The van der Waals surface area contributed by atoms with Crippen LogP contribution in [0.15, 0.2) is 53.0 Å². The summed E-state index contributed by atoms with van der Waals surface area (Å²) in [6.07, 6.45) is -4.42. The Balaban J connectivity index is 2.37. The summed E-state index contributed by atoms with van der Waals surface area (Å²) < 4.78 is 73.7. The van der Waals surface area contributed by atoms with Gasteiger partial charge in [0, 0.05) is 36.0 Å². The van der Waals surface area contributed by atoms with Gasteiger partial charge in [0.05, 0.1) is 12.2 Å². The Morgan fingerprint density at radius 3 is 2.37 bits per heavy atom. The average molecular weight is 430 g/mol. The first kappa shape index (κ1) is 22.0. The highest BCUT2D eigenvalue weighted by Crippen LogP contribution is 2.47. The largest absolute Gasteiger partial charge is 0.483 e. The van der Waals surface area contributed by atoms with Crippen molar-refractivity contribution in [3.05, 3.63) is 69.6 Å². The van der Waals surface area contributed by atoms with Crippen molar-refractivity contribution in [3.8, 4) is 5.75 Å². The average Bonchev–Trinajstić information content (AvgIpc) is 2.61. The van der Waals surface area contributed by atoms with Crippen LogP contribution in [0.4, 0.5) is 22.0 Å². The molecule has 0 amide bonds. The first-order valence-corrected chi connectivity index (χ1v) is 8.86. The lowest BCUT2D eigenvalue weighted by molar-refractivity contribution is -0.289. The van der Waals surface area contributed by atoms with E-state index >= 15 is 0 Å². The number of hydroxylamine groups is 2. The van der Waals surface area contributed by atoms with Crippen molar-refractivity contribution in [2.75, 3.05) is 13.6 Å². The highest BCUT2D eigenvalue weighted by atomic mass is 19.4. The minimum Gasteiger partial charge on any atom is -0.483 e. The number of nitrogens with zero attached hydrogens (tertiary/aromatic N) is 2. The normalized spacial score (nSPS) is 16.5. The molecule has 0 bridgehead atoms. The van der Waals surface area contributed by atoms with Crippen molar-refractivity contribution < 1.29 is 31.9 Å². The van der Waals surface area contributed by atoms with Crippen molar-refractivity contribution in [2.24, 2.45) is 0 Å². The summed E-state index contributed by atoms with van der Waals surface area (Å²) in [5, 5.41) is 10.6. The van der Waals surface area contributed by atoms with E-state index in [0.717, 1.165) is 15.7 Å². The fourth-order valence-corrected chi connectivity index (χ4v) is 3.33. The number of rotatable bonds is 4. The van der Waals surface area contributed by atoms with E-state index in [1.54, 1.807) is 13.8 Å². The quantitative estimate of drug-likeness (QED) is 0.582. The number of ether oxygens (including phenoxy) is 1. The first-order chi connectivity index (χ1) is 13.8. The molecular weight excluding hydrogens is 411 g/mol. The number of halogens is 5. The third-order valence-corrected chi connectivity index (χ3v) is 4.78. The van der Waals surface area contributed by atoms with Crippen molar-refractivity contribution in [1.82, 2.24) is 9.63 Å². The highest BCUT2D eigenvalue weighted by Gasteiger charge is 2.59. The lowest BCUT2D eigenvalue weighted by Gasteiger charge is -2.38. The molecule has 1 N–H and O–H groups in total. The van der Waals surface area contributed by atoms with E-state index in [4.69, 9.17) is 4.74 Å². The Hall–Kier alpha value is -2.72. The van der Waals surface area contributed by atoms with Crippen molar-refractivity contribution in [1.29, 1.82) is 0 Å². The second-order valence-electron chi connectivity index (χ2n) is 7.45. The van der Waals surface area contributed by atoms with Gasteiger partial charge in [0.15, 0.2) is 0 Å². The first-order valence-electron chi connectivity index (χ1n) is 8.86. The number of hydrogen-bond acceptors (Lipinski definition) is 4. The topological polar surface area (TPSA) is 54.7 Å². The summed E-state index contributed by atoms with van der Waals surface area (Å²) >= 11 is 0. The minimum absolute atomic E-state index is 0.0387. The van der Waals surface area contributed by atoms with Gasteiger partial charge in [-0.2, -0.15) is 27.0 Å². The summed E-state index contributed by atoms with van der Waals surface area (Å²) in [6.45, 7) is 3.13. The Labute approximate surface area is 168 Å². The monoisotopic (exact) mass is 430 g/mol. The van der Waals surface area contributed by atoms with Crippen LogP contribution >= 0.6 is 0 Å². The number of likely N-dealkylation sites (N-methyl/N-ethyl adjacent to an activating group) is 1. The maximum absolute atomic E-state index is 14.0. The molecule has 1 aliphatic heterocycles. The maximum atomic E-state index is 14.0. The Bertz CT molecular complexity index is 1050. The van der Waals surface area contributed by atoms with E-state index in [2.05, 4.69) is 0 Å². The predicted octanol–water partition coefficient (Wildman–Crippen LogP) is 4.25. The van der Waals surface area contributed by atoms with Gasteiger partial charge in [-0.1, -0.05) is 6.07 Å². The van der Waals surface area contributed by atoms with Crippen LogP contribution in [0.2, 0.25) is 0 Å². The zero-order valence-corrected chi connectivity index (χ0v) is 16.3. The smallest absolute Gasteiger partial charge is 0.458 e. The molecule has 0 saturated carbocycles. The molecule has 1 aromatic heterocycles. The molecule has 30 heavy (non-hydrogen) atoms. The zero-order valence-electron chi connectivity index (χ0n) is 16.3. The molecule has 3 rings (SSSR count). The Morgan fingerprint density at radius 1 is 1.13 bits per heavy atom. The van der Waals surface area contributed by atoms with Gasteiger partial charge in [0.25, 0.3) is 5.56 Å². The zero-order chi connectivity index (χ0) is 22.5. The van der Waals surface area contributed by atoms with E-state index in [0.29, 0.717) is 17.7 Å². The predicted molar refractivity (Wildman–Crippen MR) is 98.5 cm³/mol. The third-order valence-electron chi connectivity index (χ3n) is 4.78. The van der Waals surface area contributed by atoms with Gasteiger partial charge in [-0.15, -0.1) is 0 Å². The Kier molecular flexibility index (Phi) is 5.28. The van der Waals surface area contributed by atoms with E-state index in [9.17, 15) is 32.0 Å². The number of benzene rings is 1. The van der Waals surface area contributed by atoms with Crippen LogP contribution in [-0.2, 0) is 5.92 Å². The van der Waals surface area contributed by atoms with Crippen molar-refractivity contribution in [2.45, 2.75) is 31.5 Å². The van der Waals surface area contributed by atoms with Crippen LogP contribution in [0.1, 0.15) is 25.0 Å². The van der Waals surface area contributed by atoms with Crippen molar-refractivity contribution >= 4 is 5.70 Å². The molecule has 0 saturated heterocycles. The molecule has 10 heteroatoms. The van der Waals surface area contributed by atoms with Gasteiger partial charge in [-0.3, -0.25) is 9.36 Å². The fraction of sp³-hybridized carbons (Fsp3) is 0.350. The SMILES string of the molecule is CN(O)CC1=C(n2ccccc2=O)c2cc(C(F)(F)C(F)(F)F)ccc2OC1(C)C. The second kappa shape index (κ2) is 7.21. The van der Waals surface area contributed by atoms with Crippen LogP contribution in [0.5, 0.6) is 5.75 Å². The number of fused-ring (bicyclic) bond motifs is 1. The van der Waals surface area contributed by atoms with Gasteiger partial charge < -0.3 is 9.94 Å². The minimum atomic E-state index is -5.79. The van der Waals surface area contributed by atoms with Crippen LogP contribution in [0.3, 0.4) is 0 Å². The standard InChI is InChI=1S/C20H19F5N2O3/c1-18(2)14(11-26(3)29)17(27-9-5-4-6-16(27)28)13-10-12(7-8-15(13)30-18)19(21,22)20(23,24)25/h4-10,29H,11H2,1-3H3. The lowest BCUT2D eigenvalue weighted by Crippen LogP contribution is -2.41. The van der Waals surface area contributed by atoms with Gasteiger partial charge in [-0.25, -0.2) is 0 Å². The molecule has 0 spiro atoms. The number of pyridine rings is 1. The van der Waals surface area contributed by atoms with Gasteiger partial charge in [0.2, 0.25) is 0 Å². The number of aromatic nitrogens is 1. The second-order valence-corrected chi connectivity index (χ2v) is 7.45. The molecule has 0 atom stereocenters. The molecule has 0 fully saturated rings. The van der Waals surface area contributed by atoms with Gasteiger partial charge in [-0.05, 0) is 38.1 Å². The molecular formula is C20H19F5N2O3. The maximum Gasteiger partial charge on any atom is 0.458 e. The molecule has 2 aromatic rings. The van der Waals surface area contributed by atoms with Crippen LogP contribution in [0.25, 0.3) is 5.70 Å². The number of hydrogen-bond donors (Lipinski definition) is 1. The lowest BCUT2D eigenvalue weighted by atomic mass is 9.88. The highest BCUT2D eigenvalue weighted by molar-refractivity contribution is 5.77. The Morgan fingerprint density at radius 2 is 1.80 bits per heavy atom. The summed E-state index contributed by atoms with van der Waals surface area (Å²) in [5.74, 6) is -5.06. The molecule has 0 radical (unpaired) electrons. The number of alkyl halides is 5. The van der Waals surface area contributed by atoms with Crippen LogP contribution < -0.4 is 10.3 Å². The molecule has 0 unspecified atom stereocenters. The summed E-state index contributed by atoms with van der Waals surface area (Å²) in [4.78, 5) is 12.5. The summed E-state index contributed by atoms with van der Waals surface area (Å²) in [5.41, 5.74) is -2.62. The molecule has 5 nitrogen and oxygen atoms in total. The third kappa shape index (κ3) is 3.72. The summed E-state index contributed by atoms with van der Waals surface area (Å²) in [7, 11) is 1.33. The van der Waals surface area contributed by atoms with Crippen LogP contribution in [0, 0.1) is 0 Å². The van der Waals surface area contributed by atoms with Crippen molar-refractivity contribution in [3.63, 3.8) is 0 Å². The van der Waals surface area contributed by atoms with E-state index in [1.165, 1.54) is 31.4 Å². The van der Waals surface area contributed by atoms with Crippen LogP contribution in [-0.4, -0.2) is 40.2 Å². The van der Waals surface area contributed by atoms with E-state index < -0.39 is 28.8 Å².